The Bertz CT molecular complexity index is 854. The predicted octanol–water partition coefficient (Wildman–Crippen LogP) is 6.15. The minimum absolute atomic E-state index is 0.233. The Morgan fingerprint density at radius 3 is 2.62 bits per heavy atom. The zero-order valence-corrected chi connectivity index (χ0v) is 19.3. The molecule has 0 radical (unpaired) electrons. The monoisotopic (exact) mass is 412 g/mol. The summed E-state index contributed by atoms with van der Waals surface area (Å²) in [4.78, 5) is 7.49. The van der Waals surface area contributed by atoms with Crippen molar-refractivity contribution in [1.82, 2.24) is 4.98 Å². The van der Waals surface area contributed by atoms with Crippen LogP contribution in [0.3, 0.4) is 0 Å². The van der Waals surface area contributed by atoms with Crippen LogP contribution in [-0.2, 0) is 10.8 Å². The first-order chi connectivity index (χ1) is 13.8. The summed E-state index contributed by atoms with van der Waals surface area (Å²) in [5, 5.41) is 12.4. The summed E-state index contributed by atoms with van der Waals surface area (Å²) < 4.78 is 0. The molecule has 1 unspecified atom stereocenters. The van der Waals surface area contributed by atoms with Crippen LogP contribution in [0, 0.1) is 5.92 Å². The maximum Gasteiger partial charge on any atom is 0.185 e. The molecule has 1 saturated heterocycles. The quantitative estimate of drug-likeness (QED) is 0.578. The molecule has 1 aliphatic heterocycles. The van der Waals surface area contributed by atoms with E-state index in [1.54, 1.807) is 11.3 Å². The number of benzene rings is 1. The topological polar surface area (TPSA) is 36.4 Å². The fourth-order valence-electron chi connectivity index (χ4n) is 5.08. The van der Waals surface area contributed by atoms with Crippen molar-refractivity contribution in [2.45, 2.75) is 77.0 Å². The molecule has 0 spiro atoms. The smallest absolute Gasteiger partial charge is 0.185 e. The van der Waals surface area contributed by atoms with Crippen molar-refractivity contribution in [2.24, 2.45) is 5.92 Å². The highest BCUT2D eigenvalue weighted by atomic mass is 32.1. The Labute approximate surface area is 180 Å². The first-order valence-corrected chi connectivity index (χ1v) is 12.1. The fraction of sp³-hybridized carbons (Fsp3) is 0.640. The van der Waals surface area contributed by atoms with E-state index in [0.29, 0.717) is 6.61 Å². The first-order valence-electron chi connectivity index (χ1n) is 11.3. The average molecular weight is 413 g/mol. The van der Waals surface area contributed by atoms with E-state index >= 15 is 0 Å². The van der Waals surface area contributed by atoms with Gasteiger partial charge in [0.1, 0.15) is 0 Å². The van der Waals surface area contributed by atoms with Crippen molar-refractivity contribution < 1.29 is 5.11 Å². The number of rotatable bonds is 6. The third kappa shape index (κ3) is 4.25. The molecule has 2 heterocycles. The summed E-state index contributed by atoms with van der Waals surface area (Å²) in [6, 6.07) is 7.05. The van der Waals surface area contributed by atoms with Gasteiger partial charge in [-0.15, -0.1) is 11.3 Å². The van der Waals surface area contributed by atoms with Crippen molar-refractivity contribution in [1.29, 1.82) is 0 Å². The number of hydrogen-bond acceptors (Lipinski definition) is 4. The molecule has 3 nitrogen and oxygen atoms in total. The van der Waals surface area contributed by atoms with Crippen molar-refractivity contribution in [3.63, 3.8) is 0 Å². The van der Waals surface area contributed by atoms with Gasteiger partial charge in [-0.1, -0.05) is 46.2 Å². The van der Waals surface area contributed by atoms with Crippen molar-refractivity contribution in [3.8, 4) is 11.3 Å². The lowest BCUT2D eigenvalue weighted by atomic mass is 9.63. The summed E-state index contributed by atoms with van der Waals surface area (Å²) in [5.41, 5.74) is 5.89. The van der Waals surface area contributed by atoms with Gasteiger partial charge in [-0.3, -0.25) is 0 Å². The highest BCUT2D eigenvalue weighted by Gasteiger charge is 2.37. The Morgan fingerprint density at radius 1 is 1.10 bits per heavy atom. The van der Waals surface area contributed by atoms with Gasteiger partial charge in [0.15, 0.2) is 5.13 Å². The molecular formula is C25H36N2OS. The van der Waals surface area contributed by atoms with Gasteiger partial charge in [-0.25, -0.2) is 4.98 Å². The van der Waals surface area contributed by atoms with E-state index in [1.165, 1.54) is 47.5 Å². The zero-order valence-electron chi connectivity index (χ0n) is 18.5. The molecule has 1 atom stereocenters. The van der Waals surface area contributed by atoms with Gasteiger partial charge >= 0.3 is 0 Å². The maximum absolute atomic E-state index is 9.00. The van der Waals surface area contributed by atoms with Crippen molar-refractivity contribution >= 4 is 16.5 Å². The third-order valence-corrected chi connectivity index (χ3v) is 8.12. The summed E-state index contributed by atoms with van der Waals surface area (Å²) in [6.07, 6.45) is 7.04. The molecule has 0 saturated carbocycles. The summed E-state index contributed by atoms with van der Waals surface area (Å²) in [7, 11) is 0. The van der Waals surface area contributed by atoms with E-state index in [2.05, 4.69) is 56.2 Å². The minimum Gasteiger partial charge on any atom is -0.396 e. The van der Waals surface area contributed by atoms with Crippen LogP contribution in [0.2, 0.25) is 0 Å². The maximum atomic E-state index is 9.00. The molecule has 1 aliphatic carbocycles. The van der Waals surface area contributed by atoms with Crippen LogP contribution in [0.25, 0.3) is 11.3 Å². The molecule has 1 aromatic heterocycles. The van der Waals surface area contributed by atoms with Gasteiger partial charge in [0.2, 0.25) is 0 Å². The lowest BCUT2D eigenvalue weighted by Crippen LogP contribution is -2.33. The Balaban J connectivity index is 1.52. The molecular weight excluding hydrogens is 376 g/mol. The Hall–Kier alpha value is -1.39. The number of unbranched alkanes of at least 4 members (excludes halogenated alkanes) is 1. The molecule has 2 aromatic rings. The van der Waals surface area contributed by atoms with Crippen LogP contribution < -0.4 is 4.90 Å². The van der Waals surface area contributed by atoms with Gasteiger partial charge < -0.3 is 10.0 Å². The van der Waals surface area contributed by atoms with Gasteiger partial charge in [-0.2, -0.15) is 0 Å². The summed E-state index contributed by atoms with van der Waals surface area (Å²) in [5.74, 6) is 0.751. The highest BCUT2D eigenvalue weighted by molar-refractivity contribution is 7.14. The van der Waals surface area contributed by atoms with Crippen LogP contribution in [0.1, 0.15) is 77.3 Å². The number of aromatic nitrogens is 1. The van der Waals surface area contributed by atoms with Gasteiger partial charge in [0.05, 0.1) is 5.69 Å². The Morgan fingerprint density at radius 2 is 1.86 bits per heavy atom. The molecule has 1 aromatic carbocycles. The van der Waals surface area contributed by atoms with Crippen LogP contribution in [0.15, 0.2) is 23.6 Å². The molecule has 2 aliphatic rings. The molecule has 29 heavy (non-hydrogen) atoms. The normalized spacial score (nSPS) is 22.7. The lowest BCUT2D eigenvalue weighted by Gasteiger charge is -2.42. The first kappa shape index (κ1) is 20.9. The Kier molecular flexibility index (Phi) is 5.78. The standard InChI is InChI=1S/C25H36N2OS/c1-24(2)11-12-25(3,4)21-15-19(8-9-20(21)24)22-17-29-23(26-22)27-13-10-18(16-27)7-5-6-14-28/h8-9,15,17-18,28H,5-7,10-14,16H2,1-4H3. The zero-order chi connectivity index (χ0) is 20.6. The van der Waals surface area contributed by atoms with Crippen LogP contribution in [-0.4, -0.2) is 29.8 Å². The summed E-state index contributed by atoms with van der Waals surface area (Å²) >= 11 is 1.78. The number of aliphatic hydroxyl groups excluding tert-OH is 1. The lowest BCUT2D eigenvalue weighted by molar-refractivity contribution is 0.279. The fourth-order valence-corrected chi connectivity index (χ4v) is 5.95. The number of anilines is 1. The van der Waals surface area contributed by atoms with E-state index in [-0.39, 0.29) is 10.8 Å². The third-order valence-electron chi connectivity index (χ3n) is 7.22. The van der Waals surface area contributed by atoms with Crippen molar-refractivity contribution in [3.05, 3.63) is 34.7 Å². The van der Waals surface area contributed by atoms with E-state index in [9.17, 15) is 0 Å². The predicted molar refractivity (Wildman–Crippen MR) is 124 cm³/mol. The van der Waals surface area contributed by atoms with E-state index in [0.717, 1.165) is 37.5 Å². The average Bonchev–Trinajstić information content (AvgIpc) is 3.35. The molecule has 0 amide bonds. The highest BCUT2D eigenvalue weighted by Crippen LogP contribution is 2.47. The second-order valence-electron chi connectivity index (χ2n) is 10.4. The molecule has 1 fully saturated rings. The molecule has 158 valence electrons. The number of hydrogen-bond donors (Lipinski definition) is 1. The van der Waals surface area contributed by atoms with Crippen LogP contribution in [0.4, 0.5) is 5.13 Å². The summed E-state index contributed by atoms with van der Waals surface area (Å²) in [6.45, 7) is 12.1. The molecule has 4 rings (SSSR count). The number of aliphatic hydroxyl groups is 1. The number of fused-ring (bicyclic) bond motifs is 1. The van der Waals surface area contributed by atoms with Gasteiger partial charge in [-0.05, 0) is 66.0 Å². The van der Waals surface area contributed by atoms with E-state index in [4.69, 9.17) is 10.1 Å². The molecule has 1 N–H and O–H groups in total. The number of thiazole rings is 1. The molecule has 4 heteroatoms. The van der Waals surface area contributed by atoms with Crippen molar-refractivity contribution in [2.75, 3.05) is 24.6 Å². The number of nitrogens with zero attached hydrogens (tertiary/aromatic N) is 2. The largest absolute Gasteiger partial charge is 0.396 e. The van der Waals surface area contributed by atoms with Crippen LogP contribution >= 0.6 is 11.3 Å². The second-order valence-corrected chi connectivity index (χ2v) is 11.2. The van der Waals surface area contributed by atoms with Gasteiger partial charge in [0.25, 0.3) is 0 Å². The second kappa shape index (κ2) is 8.03. The van der Waals surface area contributed by atoms with Crippen LogP contribution in [0.5, 0.6) is 0 Å². The van der Waals surface area contributed by atoms with E-state index in [1.807, 2.05) is 0 Å². The van der Waals surface area contributed by atoms with E-state index < -0.39 is 0 Å². The minimum atomic E-state index is 0.233. The van der Waals surface area contributed by atoms with Gasteiger partial charge in [0, 0.05) is 30.6 Å². The molecule has 0 bridgehead atoms. The SMILES string of the molecule is CC1(C)CCC(C)(C)c2cc(-c3csc(N4CCC(CCCCO)C4)n3)ccc21.